The Hall–Kier alpha value is -2.62. The molecule has 1 unspecified atom stereocenters. The van der Waals surface area contributed by atoms with E-state index in [0.29, 0.717) is 0 Å². The normalized spacial score (nSPS) is 18.9. The van der Waals surface area contributed by atoms with Crippen LogP contribution in [0.15, 0.2) is 54.6 Å². The molecule has 0 aromatic heterocycles. The van der Waals surface area contributed by atoms with Gasteiger partial charge >= 0.3 is 0 Å². The topological polar surface area (TPSA) is 58.2 Å². The Balaban J connectivity index is 1.41. The lowest BCUT2D eigenvalue weighted by atomic mass is 9.63. The van der Waals surface area contributed by atoms with E-state index in [9.17, 15) is 9.59 Å². The molecule has 0 spiro atoms. The first-order valence-corrected chi connectivity index (χ1v) is 9.86. The zero-order valence-electron chi connectivity index (χ0n) is 15.7. The van der Waals surface area contributed by atoms with Crippen molar-refractivity contribution in [3.63, 3.8) is 0 Å². The highest BCUT2D eigenvalue weighted by atomic mass is 16.2. The number of anilines is 1. The average Bonchev–Trinajstić information content (AvgIpc) is 3.47. The fourth-order valence-corrected chi connectivity index (χ4v) is 3.80. The second kappa shape index (κ2) is 7.18. The molecule has 2 aromatic carbocycles. The summed E-state index contributed by atoms with van der Waals surface area (Å²) in [6.07, 6.45) is 4.89. The molecule has 0 radical (unpaired) electrons. The lowest BCUT2D eigenvalue weighted by Crippen LogP contribution is -2.49. The molecular weight excluding hydrogens is 336 g/mol. The van der Waals surface area contributed by atoms with Crippen LogP contribution in [0.25, 0.3) is 0 Å². The number of carbonyl (C=O) groups is 2. The highest BCUT2D eigenvalue weighted by Crippen LogP contribution is 2.44. The van der Waals surface area contributed by atoms with Gasteiger partial charge < -0.3 is 10.6 Å². The van der Waals surface area contributed by atoms with Gasteiger partial charge in [-0.2, -0.15) is 0 Å². The van der Waals surface area contributed by atoms with Crippen molar-refractivity contribution in [2.24, 2.45) is 5.92 Å². The average molecular weight is 362 g/mol. The molecule has 140 valence electrons. The zero-order valence-corrected chi connectivity index (χ0v) is 15.7. The van der Waals surface area contributed by atoms with E-state index in [0.717, 1.165) is 48.9 Å². The van der Waals surface area contributed by atoms with Crippen molar-refractivity contribution in [1.82, 2.24) is 5.32 Å². The molecule has 2 amide bonds. The predicted octanol–water partition coefficient (Wildman–Crippen LogP) is 4.33. The Morgan fingerprint density at radius 2 is 1.67 bits per heavy atom. The minimum atomic E-state index is -0.381. The molecule has 2 fully saturated rings. The molecular formula is C23H26N2O2. The van der Waals surface area contributed by atoms with Crippen LogP contribution in [0.4, 0.5) is 5.69 Å². The summed E-state index contributed by atoms with van der Waals surface area (Å²) in [6, 6.07) is 17.8. The van der Waals surface area contributed by atoms with Crippen LogP contribution in [0.5, 0.6) is 0 Å². The van der Waals surface area contributed by atoms with E-state index in [1.165, 1.54) is 0 Å². The SMILES string of the molecule is CC(NC(=O)C1(c2ccccc2)CCC1)c1ccc(NC(=O)C2CC2)cc1. The Bertz CT molecular complexity index is 821. The minimum Gasteiger partial charge on any atom is -0.349 e. The van der Waals surface area contributed by atoms with Crippen molar-refractivity contribution in [1.29, 1.82) is 0 Å². The van der Waals surface area contributed by atoms with E-state index in [4.69, 9.17) is 0 Å². The maximum absolute atomic E-state index is 13.1. The molecule has 4 nitrogen and oxygen atoms in total. The Morgan fingerprint density at radius 1 is 1.00 bits per heavy atom. The van der Waals surface area contributed by atoms with Gasteiger partial charge in [-0.1, -0.05) is 48.9 Å². The van der Waals surface area contributed by atoms with Crippen LogP contribution in [0.1, 0.15) is 56.2 Å². The monoisotopic (exact) mass is 362 g/mol. The molecule has 0 aliphatic heterocycles. The fourth-order valence-electron chi connectivity index (χ4n) is 3.80. The van der Waals surface area contributed by atoms with E-state index in [1.54, 1.807) is 0 Å². The first kappa shape index (κ1) is 17.8. The number of hydrogen-bond acceptors (Lipinski definition) is 2. The molecule has 1 atom stereocenters. The number of benzene rings is 2. The highest BCUT2D eigenvalue weighted by molar-refractivity contribution is 5.94. The second-order valence-electron chi connectivity index (χ2n) is 7.88. The zero-order chi connectivity index (χ0) is 18.9. The van der Waals surface area contributed by atoms with Gasteiger partial charge in [0.2, 0.25) is 11.8 Å². The van der Waals surface area contributed by atoms with E-state index in [-0.39, 0.29) is 29.2 Å². The quantitative estimate of drug-likeness (QED) is 0.803. The molecule has 2 saturated carbocycles. The second-order valence-corrected chi connectivity index (χ2v) is 7.88. The standard InChI is InChI=1S/C23H26N2O2/c1-16(17-10-12-20(13-11-17)25-21(26)18-8-9-18)24-22(27)23(14-5-15-23)19-6-3-2-4-7-19/h2-4,6-7,10-13,16,18H,5,8-9,14-15H2,1H3,(H,24,27)(H,25,26). The third kappa shape index (κ3) is 3.61. The number of hydrogen-bond donors (Lipinski definition) is 2. The smallest absolute Gasteiger partial charge is 0.231 e. The minimum absolute atomic E-state index is 0.0770. The van der Waals surface area contributed by atoms with Crippen LogP contribution in [-0.2, 0) is 15.0 Å². The van der Waals surface area contributed by atoms with Gasteiger partial charge in [-0.05, 0) is 55.9 Å². The first-order valence-electron chi connectivity index (χ1n) is 9.86. The summed E-state index contributed by atoms with van der Waals surface area (Å²) < 4.78 is 0. The summed E-state index contributed by atoms with van der Waals surface area (Å²) in [5, 5.41) is 6.15. The molecule has 4 heteroatoms. The third-order valence-electron chi connectivity index (χ3n) is 5.94. The summed E-state index contributed by atoms with van der Waals surface area (Å²) in [4.78, 5) is 24.9. The molecule has 0 bridgehead atoms. The first-order chi connectivity index (χ1) is 13.1. The summed E-state index contributed by atoms with van der Waals surface area (Å²) in [5.74, 6) is 0.414. The van der Waals surface area contributed by atoms with E-state index in [1.807, 2.05) is 49.4 Å². The predicted molar refractivity (Wildman–Crippen MR) is 106 cm³/mol. The van der Waals surface area contributed by atoms with Gasteiger partial charge in [0.05, 0.1) is 11.5 Å². The number of nitrogens with one attached hydrogen (secondary N) is 2. The van der Waals surface area contributed by atoms with Crippen molar-refractivity contribution in [2.45, 2.75) is 50.5 Å². The van der Waals surface area contributed by atoms with Crippen molar-refractivity contribution >= 4 is 17.5 Å². The Morgan fingerprint density at radius 3 is 2.22 bits per heavy atom. The summed E-state index contributed by atoms with van der Waals surface area (Å²) >= 11 is 0. The van der Waals surface area contributed by atoms with Crippen molar-refractivity contribution in [2.75, 3.05) is 5.32 Å². The number of rotatable bonds is 6. The van der Waals surface area contributed by atoms with Gasteiger partial charge in [0.15, 0.2) is 0 Å². The third-order valence-corrected chi connectivity index (χ3v) is 5.94. The molecule has 2 aromatic rings. The molecule has 0 heterocycles. The number of carbonyl (C=O) groups excluding carboxylic acids is 2. The van der Waals surface area contributed by atoms with Crippen LogP contribution >= 0.6 is 0 Å². The largest absolute Gasteiger partial charge is 0.349 e. The fraction of sp³-hybridized carbons (Fsp3) is 0.391. The van der Waals surface area contributed by atoms with E-state index < -0.39 is 0 Å². The van der Waals surface area contributed by atoms with Gasteiger partial charge in [-0.25, -0.2) is 0 Å². The van der Waals surface area contributed by atoms with E-state index in [2.05, 4.69) is 22.8 Å². The van der Waals surface area contributed by atoms with Gasteiger partial charge in [-0.15, -0.1) is 0 Å². The van der Waals surface area contributed by atoms with Crippen molar-refractivity contribution < 1.29 is 9.59 Å². The highest BCUT2D eigenvalue weighted by Gasteiger charge is 2.45. The lowest BCUT2D eigenvalue weighted by Gasteiger charge is -2.41. The Kier molecular flexibility index (Phi) is 4.73. The molecule has 27 heavy (non-hydrogen) atoms. The molecule has 0 saturated heterocycles. The molecule has 2 N–H and O–H groups in total. The molecule has 2 aliphatic rings. The summed E-state index contributed by atoms with van der Waals surface area (Å²) in [5.41, 5.74) is 2.58. The van der Waals surface area contributed by atoms with Gasteiger partial charge in [0.1, 0.15) is 0 Å². The van der Waals surface area contributed by atoms with Gasteiger partial charge in [0.25, 0.3) is 0 Å². The van der Waals surface area contributed by atoms with Crippen LogP contribution in [-0.4, -0.2) is 11.8 Å². The van der Waals surface area contributed by atoms with Crippen LogP contribution in [0.3, 0.4) is 0 Å². The summed E-state index contributed by atoms with van der Waals surface area (Å²) in [7, 11) is 0. The van der Waals surface area contributed by atoms with Crippen molar-refractivity contribution in [3.05, 3.63) is 65.7 Å². The maximum Gasteiger partial charge on any atom is 0.231 e. The summed E-state index contributed by atoms with van der Waals surface area (Å²) in [6.45, 7) is 2.01. The van der Waals surface area contributed by atoms with Gasteiger partial charge in [-0.3, -0.25) is 9.59 Å². The molecule has 2 aliphatic carbocycles. The maximum atomic E-state index is 13.1. The van der Waals surface area contributed by atoms with E-state index >= 15 is 0 Å². The van der Waals surface area contributed by atoms with Crippen LogP contribution in [0.2, 0.25) is 0 Å². The Labute approximate surface area is 160 Å². The van der Waals surface area contributed by atoms with Crippen LogP contribution < -0.4 is 10.6 Å². The van der Waals surface area contributed by atoms with Crippen LogP contribution in [0, 0.1) is 5.92 Å². The number of amides is 2. The van der Waals surface area contributed by atoms with Crippen molar-refractivity contribution in [3.8, 4) is 0 Å². The van der Waals surface area contributed by atoms with Gasteiger partial charge in [0, 0.05) is 11.6 Å². The molecule has 4 rings (SSSR count). The lowest BCUT2D eigenvalue weighted by molar-refractivity contribution is -0.130.